The van der Waals surface area contributed by atoms with Crippen LogP contribution in [0.5, 0.6) is 23.1 Å². The van der Waals surface area contributed by atoms with Gasteiger partial charge in [0.2, 0.25) is 0 Å². The number of rotatable bonds is 12. The lowest BCUT2D eigenvalue weighted by atomic mass is 10.0. The Hall–Kier alpha value is -3.25. The molecule has 1 heterocycles. The normalized spacial score (nSPS) is 11.6. The quantitative estimate of drug-likeness (QED) is 0.333. The van der Waals surface area contributed by atoms with E-state index in [1.165, 1.54) is 6.20 Å². The Balaban J connectivity index is 1.55. The Morgan fingerprint density at radius 1 is 1.09 bits per heavy atom. The highest BCUT2D eigenvalue weighted by Gasteiger charge is 2.14. The molecular weight excluding hydrogens is 442 g/mol. The van der Waals surface area contributed by atoms with E-state index in [1.54, 1.807) is 6.07 Å². The second-order valence-corrected chi connectivity index (χ2v) is 8.05. The van der Waals surface area contributed by atoms with E-state index in [0.29, 0.717) is 41.9 Å². The van der Waals surface area contributed by atoms with Crippen LogP contribution in [0, 0.1) is 0 Å². The van der Waals surface area contributed by atoms with E-state index < -0.39 is 5.97 Å². The molecule has 3 rings (SSSR count). The van der Waals surface area contributed by atoms with Gasteiger partial charge in [-0.15, -0.1) is 0 Å². The molecule has 1 unspecified atom stereocenters. The van der Waals surface area contributed by atoms with Gasteiger partial charge < -0.3 is 19.3 Å². The molecule has 3 aromatic rings. The highest BCUT2D eigenvalue weighted by Crippen LogP contribution is 2.32. The van der Waals surface area contributed by atoms with Gasteiger partial charge in [-0.3, -0.25) is 4.79 Å². The van der Waals surface area contributed by atoms with E-state index in [9.17, 15) is 4.79 Å². The summed E-state index contributed by atoms with van der Waals surface area (Å²) >= 11 is 6.09. The number of pyridine rings is 1. The summed E-state index contributed by atoms with van der Waals surface area (Å²) in [6.45, 7) is 4.45. The molecule has 2 aromatic carbocycles. The van der Waals surface area contributed by atoms with Gasteiger partial charge in [-0.1, -0.05) is 42.8 Å². The number of nitrogens with zero attached hydrogens (tertiary/aromatic N) is 1. The summed E-state index contributed by atoms with van der Waals surface area (Å²) in [6, 6.07) is 16.9. The standard InChI is InChI=1S/C26H28ClNO5/c1-3-19-15-23(11-9-20(19)10-12-25(29)30)31-14-13-18(2)32-26-24(16-21(27)17-28-26)33-22-7-5-4-6-8-22/h4-9,11,15-18H,3,10,12-14H2,1-2H3,(H,29,30). The van der Waals surface area contributed by atoms with Crippen molar-refractivity contribution in [3.63, 3.8) is 0 Å². The first-order valence-corrected chi connectivity index (χ1v) is 11.3. The molecule has 1 N–H and O–H groups in total. The maximum Gasteiger partial charge on any atom is 0.303 e. The number of ether oxygens (including phenoxy) is 3. The summed E-state index contributed by atoms with van der Waals surface area (Å²) in [7, 11) is 0. The number of carbonyl (C=O) groups is 1. The minimum atomic E-state index is -0.793. The van der Waals surface area contributed by atoms with Crippen molar-refractivity contribution in [1.82, 2.24) is 4.98 Å². The molecule has 0 saturated heterocycles. The Labute approximate surface area is 199 Å². The number of aryl methyl sites for hydroxylation is 2. The third-order valence-electron chi connectivity index (χ3n) is 5.03. The topological polar surface area (TPSA) is 77.9 Å². The van der Waals surface area contributed by atoms with Crippen molar-refractivity contribution in [2.45, 2.75) is 45.6 Å². The third-order valence-corrected chi connectivity index (χ3v) is 5.24. The molecule has 0 aliphatic carbocycles. The maximum absolute atomic E-state index is 10.8. The molecule has 1 aromatic heterocycles. The fourth-order valence-electron chi connectivity index (χ4n) is 3.28. The monoisotopic (exact) mass is 469 g/mol. The number of aliphatic carboxylic acids is 1. The smallest absolute Gasteiger partial charge is 0.303 e. The molecule has 0 radical (unpaired) electrons. The number of hydrogen-bond donors (Lipinski definition) is 1. The van der Waals surface area contributed by atoms with Crippen LogP contribution in [0.3, 0.4) is 0 Å². The highest BCUT2D eigenvalue weighted by atomic mass is 35.5. The number of hydrogen-bond acceptors (Lipinski definition) is 5. The first-order chi connectivity index (χ1) is 15.9. The van der Waals surface area contributed by atoms with Gasteiger partial charge in [0.15, 0.2) is 5.75 Å². The Morgan fingerprint density at radius 2 is 1.88 bits per heavy atom. The van der Waals surface area contributed by atoms with Crippen molar-refractivity contribution in [1.29, 1.82) is 0 Å². The average molecular weight is 470 g/mol. The number of carboxylic acid groups (broad SMARTS) is 1. The molecule has 0 amide bonds. The maximum atomic E-state index is 10.8. The van der Waals surface area contributed by atoms with Crippen molar-refractivity contribution in [2.75, 3.05) is 6.61 Å². The molecule has 174 valence electrons. The van der Waals surface area contributed by atoms with Crippen molar-refractivity contribution in [2.24, 2.45) is 0 Å². The van der Waals surface area contributed by atoms with Gasteiger partial charge in [-0.05, 0) is 55.2 Å². The summed E-state index contributed by atoms with van der Waals surface area (Å²) in [4.78, 5) is 15.1. The molecule has 0 spiro atoms. The molecule has 0 fully saturated rings. The van der Waals surface area contributed by atoms with Crippen LogP contribution >= 0.6 is 11.6 Å². The summed E-state index contributed by atoms with van der Waals surface area (Å²) in [5, 5.41) is 9.38. The molecule has 7 heteroatoms. The molecule has 1 atom stereocenters. The van der Waals surface area contributed by atoms with Crippen molar-refractivity contribution >= 4 is 17.6 Å². The number of carboxylic acids is 1. The molecule has 33 heavy (non-hydrogen) atoms. The van der Waals surface area contributed by atoms with Crippen LogP contribution in [-0.2, 0) is 17.6 Å². The van der Waals surface area contributed by atoms with E-state index in [1.807, 2.05) is 62.4 Å². The SMILES string of the molecule is CCc1cc(OCCC(C)Oc2ncc(Cl)cc2Oc2ccccc2)ccc1CCC(=O)O. The van der Waals surface area contributed by atoms with E-state index in [0.717, 1.165) is 23.3 Å². The first-order valence-electron chi connectivity index (χ1n) is 11.0. The first kappa shape index (κ1) is 24.4. The molecule has 0 bridgehead atoms. The van der Waals surface area contributed by atoms with E-state index >= 15 is 0 Å². The second kappa shape index (κ2) is 12.1. The molecule has 0 saturated carbocycles. The average Bonchev–Trinajstić information content (AvgIpc) is 2.80. The molecule has 6 nitrogen and oxygen atoms in total. The zero-order chi connectivity index (χ0) is 23.6. The lowest BCUT2D eigenvalue weighted by Crippen LogP contribution is -2.17. The van der Waals surface area contributed by atoms with Gasteiger partial charge in [0.1, 0.15) is 17.6 Å². The van der Waals surface area contributed by atoms with E-state index in [4.69, 9.17) is 30.9 Å². The molecule has 0 aliphatic rings. The lowest BCUT2D eigenvalue weighted by molar-refractivity contribution is -0.136. The zero-order valence-electron chi connectivity index (χ0n) is 18.8. The van der Waals surface area contributed by atoms with Crippen LogP contribution in [0.15, 0.2) is 60.8 Å². The summed E-state index contributed by atoms with van der Waals surface area (Å²) in [5.41, 5.74) is 2.15. The highest BCUT2D eigenvalue weighted by molar-refractivity contribution is 6.30. The van der Waals surface area contributed by atoms with E-state index in [-0.39, 0.29) is 12.5 Å². The van der Waals surface area contributed by atoms with Crippen molar-refractivity contribution in [3.05, 3.63) is 76.9 Å². The van der Waals surface area contributed by atoms with Crippen LogP contribution < -0.4 is 14.2 Å². The van der Waals surface area contributed by atoms with Gasteiger partial charge in [0.05, 0.1) is 11.6 Å². The predicted octanol–water partition coefficient (Wildman–Crippen LogP) is 6.34. The minimum absolute atomic E-state index is 0.122. The van der Waals surface area contributed by atoms with E-state index in [2.05, 4.69) is 4.98 Å². The van der Waals surface area contributed by atoms with Gasteiger partial charge >= 0.3 is 5.97 Å². The van der Waals surface area contributed by atoms with Crippen molar-refractivity contribution in [3.8, 4) is 23.1 Å². The van der Waals surface area contributed by atoms with Crippen LogP contribution in [0.25, 0.3) is 0 Å². The largest absolute Gasteiger partial charge is 0.493 e. The summed E-state index contributed by atoms with van der Waals surface area (Å²) < 4.78 is 17.8. The number of halogens is 1. The van der Waals surface area contributed by atoms with Crippen LogP contribution in [0.2, 0.25) is 5.02 Å². The summed E-state index contributed by atoms with van der Waals surface area (Å²) in [5.74, 6) is 1.45. The minimum Gasteiger partial charge on any atom is -0.493 e. The van der Waals surface area contributed by atoms with Crippen LogP contribution in [0.4, 0.5) is 0 Å². The zero-order valence-corrected chi connectivity index (χ0v) is 19.5. The predicted molar refractivity (Wildman–Crippen MR) is 128 cm³/mol. The van der Waals surface area contributed by atoms with Crippen molar-refractivity contribution < 1.29 is 24.1 Å². The lowest BCUT2D eigenvalue weighted by Gasteiger charge is -2.17. The van der Waals surface area contributed by atoms with Gasteiger partial charge in [-0.2, -0.15) is 0 Å². The Kier molecular flexibility index (Phi) is 8.95. The fraction of sp³-hybridized carbons (Fsp3) is 0.308. The molecular formula is C26H28ClNO5. The van der Waals surface area contributed by atoms with Crippen LogP contribution in [0.1, 0.15) is 37.8 Å². The number of aromatic nitrogens is 1. The second-order valence-electron chi connectivity index (χ2n) is 7.62. The third kappa shape index (κ3) is 7.68. The molecule has 0 aliphatic heterocycles. The fourth-order valence-corrected chi connectivity index (χ4v) is 3.43. The Morgan fingerprint density at radius 3 is 2.61 bits per heavy atom. The summed E-state index contributed by atoms with van der Waals surface area (Å²) in [6.07, 6.45) is 3.45. The Bertz CT molecular complexity index is 1060. The number of para-hydroxylation sites is 1. The van der Waals surface area contributed by atoms with Crippen LogP contribution in [-0.4, -0.2) is 28.8 Å². The van der Waals surface area contributed by atoms with Gasteiger partial charge in [0, 0.05) is 25.1 Å². The van der Waals surface area contributed by atoms with Gasteiger partial charge in [-0.25, -0.2) is 4.98 Å². The van der Waals surface area contributed by atoms with Gasteiger partial charge in [0.25, 0.3) is 5.88 Å². The number of benzene rings is 2.